The lowest BCUT2D eigenvalue weighted by Gasteiger charge is -2.07. The number of rotatable bonds is 38. The van der Waals surface area contributed by atoms with Gasteiger partial charge in [0.25, 0.3) is 5.82 Å². The Kier molecular flexibility index (Phi) is 30.8. The van der Waals surface area contributed by atoms with Crippen molar-refractivity contribution in [3.8, 4) is 0 Å². The standard InChI is InChI=1S/C48H87N2/c1-3-5-7-9-11-13-15-17-19-20-22-24-26-28-30-32-37-43-49-45-46-50(44-38-41-47-39-34-33-35-40-47)48(49)42-36-31-29-27-25-23-21-18-16-14-12-10-8-6-4-2/h33-35,39-40,45-46H,3-32,36-38,41-44H2,1-2H3/q+1. The summed E-state index contributed by atoms with van der Waals surface area (Å²) in [6.45, 7) is 6.98. The maximum Gasteiger partial charge on any atom is 0.256 e. The van der Waals surface area contributed by atoms with E-state index in [4.69, 9.17) is 0 Å². The van der Waals surface area contributed by atoms with Crippen LogP contribution in [0.3, 0.4) is 0 Å². The highest BCUT2D eigenvalue weighted by Gasteiger charge is 2.16. The first-order valence-corrected chi connectivity index (χ1v) is 23.0. The Balaban J connectivity index is 1.55. The van der Waals surface area contributed by atoms with Gasteiger partial charge in [-0.05, 0) is 37.7 Å². The Hall–Kier alpha value is -1.57. The van der Waals surface area contributed by atoms with Gasteiger partial charge in [0.1, 0.15) is 12.4 Å². The van der Waals surface area contributed by atoms with Crippen molar-refractivity contribution in [3.63, 3.8) is 0 Å². The molecular formula is C48H87N2+. The molecule has 1 aromatic heterocycles. The van der Waals surface area contributed by atoms with Crippen LogP contribution in [0.5, 0.6) is 0 Å². The molecule has 0 radical (unpaired) electrons. The monoisotopic (exact) mass is 692 g/mol. The molecule has 0 fully saturated rings. The van der Waals surface area contributed by atoms with Gasteiger partial charge in [-0.25, -0.2) is 9.13 Å². The summed E-state index contributed by atoms with van der Waals surface area (Å²) in [7, 11) is 0. The molecule has 0 unspecified atom stereocenters. The van der Waals surface area contributed by atoms with Crippen LogP contribution in [0.25, 0.3) is 0 Å². The molecule has 0 N–H and O–H groups in total. The van der Waals surface area contributed by atoms with E-state index >= 15 is 0 Å². The zero-order chi connectivity index (χ0) is 35.4. The SMILES string of the molecule is CCCCCCCCCCCCCCCCCCCn1cc[n+](CCCc2ccccc2)c1CCCCCCCCCCCCCCCCC. The summed E-state index contributed by atoms with van der Waals surface area (Å²) in [4.78, 5) is 0. The number of hydrogen-bond acceptors (Lipinski definition) is 0. The van der Waals surface area contributed by atoms with Crippen LogP contribution < -0.4 is 4.57 Å². The molecule has 2 nitrogen and oxygen atoms in total. The van der Waals surface area contributed by atoms with Crippen LogP contribution in [0.2, 0.25) is 0 Å². The largest absolute Gasteiger partial charge is 0.256 e. The normalized spacial score (nSPS) is 11.6. The smallest absolute Gasteiger partial charge is 0.234 e. The van der Waals surface area contributed by atoms with Crippen LogP contribution in [-0.2, 0) is 25.9 Å². The second kappa shape index (κ2) is 34.5. The average molecular weight is 692 g/mol. The van der Waals surface area contributed by atoms with Crippen molar-refractivity contribution >= 4 is 0 Å². The Bertz CT molecular complexity index is 946. The van der Waals surface area contributed by atoms with Crippen molar-refractivity contribution in [2.45, 2.75) is 252 Å². The van der Waals surface area contributed by atoms with Gasteiger partial charge >= 0.3 is 0 Å². The van der Waals surface area contributed by atoms with E-state index in [2.05, 4.69) is 65.7 Å². The van der Waals surface area contributed by atoms with Crippen molar-refractivity contribution in [2.24, 2.45) is 0 Å². The fraction of sp³-hybridized carbons (Fsp3) is 0.812. The second-order valence-corrected chi connectivity index (χ2v) is 16.0. The van der Waals surface area contributed by atoms with Gasteiger partial charge in [0.15, 0.2) is 0 Å². The maximum absolute atomic E-state index is 2.62. The Morgan fingerprint density at radius 3 is 1.20 bits per heavy atom. The van der Waals surface area contributed by atoms with Crippen LogP contribution in [0.15, 0.2) is 42.7 Å². The van der Waals surface area contributed by atoms with Gasteiger partial charge in [-0.1, -0.05) is 230 Å². The van der Waals surface area contributed by atoms with E-state index in [1.54, 1.807) is 5.82 Å². The summed E-state index contributed by atoms with van der Waals surface area (Å²) in [5.74, 6) is 1.59. The molecule has 50 heavy (non-hydrogen) atoms. The van der Waals surface area contributed by atoms with E-state index in [1.165, 1.54) is 237 Å². The molecular weight excluding hydrogens is 605 g/mol. The number of aryl methyl sites for hydroxylation is 3. The predicted molar refractivity (Wildman–Crippen MR) is 222 cm³/mol. The van der Waals surface area contributed by atoms with E-state index in [-0.39, 0.29) is 0 Å². The number of nitrogens with zero attached hydrogens (tertiary/aromatic N) is 2. The van der Waals surface area contributed by atoms with Gasteiger partial charge in [0.05, 0.1) is 13.1 Å². The summed E-state index contributed by atoms with van der Waals surface area (Å²) >= 11 is 0. The summed E-state index contributed by atoms with van der Waals surface area (Å²) in [5.41, 5.74) is 1.47. The Morgan fingerprint density at radius 2 is 0.780 bits per heavy atom. The topological polar surface area (TPSA) is 8.81 Å². The molecule has 0 bridgehead atoms. The molecule has 1 aromatic carbocycles. The van der Waals surface area contributed by atoms with Gasteiger partial charge in [0, 0.05) is 6.42 Å². The van der Waals surface area contributed by atoms with Gasteiger partial charge in [-0.15, -0.1) is 0 Å². The van der Waals surface area contributed by atoms with E-state index in [1.807, 2.05) is 0 Å². The lowest BCUT2D eigenvalue weighted by atomic mass is 10.0. The molecule has 0 spiro atoms. The van der Waals surface area contributed by atoms with Gasteiger partial charge in [-0.3, -0.25) is 0 Å². The first kappa shape index (κ1) is 44.6. The summed E-state index contributed by atoms with van der Waals surface area (Å²) in [6, 6.07) is 11.1. The highest BCUT2D eigenvalue weighted by Crippen LogP contribution is 2.16. The van der Waals surface area contributed by atoms with Crippen molar-refractivity contribution in [2.75, 3.05) is 0 Å². The quantitative estimate of drug-likeness (QED) is 0.0489. The first-order valence-electron chi connectivity index (χ1n) is 23.0. The summed E-state index contributed by atoms with van der Waals surface area (Å²) in [6.07, 6.45) is 54.5. The molecule has 0 amide bonds. The summed E-state index contributed by atoms with van der Waals surface area (Å²) < 4.78 is 5.22. The average Bonchev–Trinajstić information content (AvgIpc) is 3.52. The zero-order valence-corrected chi connectivity index (χ0v) is 34.1. The molecule has 0 atom stereocenters. The van der Waals surface area contributed by atoms with E-state index in [0.29, 0.717) is 0 Å². The van der Waals surface area contributed by atoms with Crippen molar-refractivity contribution in [3.05, 3.63) is 54.1 Å². The van der Waals surface area contributed by atoms with Crippen molar-refractivity contribution in [1.82, 2.24) is 4.57 Å². The number of hydrogen-bond donors (Lipinski definition) is 0. The molecule has 1 heterocycles. The zero-order valence-electron chi connectivity index (χ0n) is 34.1. The third kappa shape index (κ3) is 25.4. The molecule has 0 aliphatic carbocycles. The molecule has 0 aliphatic heterocycles. The highest BCUT2D eigenvalue weighted by molar-refractivity contribution is 5.14. The van der Waals surface area contributed by atoms with Gasteiger partial charge in [0.2, 0.25) is 0 Å². The molecule has 0 aliphatic rings. The minimum absolute atomic E-state index is 1.15. The number of benzene rings is 1. The summed E-state index contributed by atoms with van der Waals surface area (Å²) in [5, 5.41) is 0. The van der Waals surface area contributed by atoms with Crippen LogP contribution in [0.1, 0.15) is 237 Å². The van der Waals surface area contributed by atoms with E-state index in [9.17, 15) is 0 Å². The Morgan fingerprint density at radius 1 is 0.400 bits per heavy atom. The minimum atomic E-state index is 1.15. The van der Waals surface area contributed by atoms with Crippen LogP contribution >= 0.6 is 0 Å². The molecule has 288 valence electrons. The predicted octanol–water partition coefficient (Wildman–Crippen LogP) is 15.5. The fourth-order valence-electron chi connectivity index (χ4n) is 7.95. The number of unbranched alkanes of at least 4 members (excludes halogenated alkanes) is 30. The van der Waals surface area contributed by atoms with Crippen molar-refractivity contribution in [1.29, 1.82) is 0 Å². The number of aromatic nitrogens is 2. The van der Waals surface area contributed by atoms with Crippen LogP contribution in [0.4, 0.5) is 0 Å². The maximum atomic E-state index is 2.62. The fourth-order valence-corrected chi connectivity index (χ4v) is 7.95. The molecule has 2 rings (SSSR count). The minimum Gasteiger partial charge on any atom is -0.234 e. The first-order chi connectivity index (χ1) is 24.8. The highest BCUT2D eigenvalue weighted by atomic mass is 15.1. The third-order valence-corrected chi connectivity index (χ3v) is 11.3. The van der Waals surface area contributed by atoms with Crippen molar-refractivity contribution < 1.29 is 4.57 Å². The second-order valence-electron chi connectivity index (χ2n) is 16.0. The third-order valence-electron chi connectivity index (χ3n) is 11.3. The lowest BCUT2D eigenvalue weighted by Crippen LogP contribution is -2.37. The molecule has 2 aromatic rings. The van der Waals surface area contributed by atoms with Crippen LogP contribution in [-0.4, -0.2) is 4.57 Å². The van der Waals surface area contributed by atoms with Gasteiger partial charge in [-0.2, -0.15) is 0 Å². The van der Waals surface area contributed by atoms with Crippen LogP contribution in [0, 0.1) is 0 Å². The van der Waals surface area contributed by atoms with E-state index < -0.39 is 0 Å². The van der Waals surface area contributed by atoms with E-state index in [0.717, 1.165) is 6.54 Å². The molecule has 0 saturated carbocycles. The molecule has 2 heteroatoms. The molecule has 0 saturated heterocycles. The number of imidazole rings is 1. The lowest BCUT2D eigenvalue weighted by molar-refractivity contribution is -0.704. The van der Waals surface area contributed by atoms with Gasteiger partial charge < -0.3 is 0 Å². The Labute approximate surface area is 314 Å².